The second kappa shape index (κ2) is 4.57. The third-order valence-electron chi connectivity index (χ3n) is 2.09. The predicted molar refractivity (Wildman–Crippen MR) is 66.2 cm³/mol. The van der Waals surface area contributed by atoms with Crippen molar-refractivity contribution >= 4 is 21.7 Å². The van der Waals surface area contributed by atoms with E-state index in [4.69, 9.17) is 5.73 Å². The summed E-state index contributed by atoms with van der Waals surface area (Å²) in [7, 11) is -3.72. The Kier molecular flexibility index (Phi) is 3.11. The van der Waals surface area contributed by atoms with Crippen LogP contribution in [0.3, 0.4) is 0 Å². The smallest absolute Gasteiger partial charge is 0.265 e. The zero-order chi connectivity index (χ0) is 13.2. The molecule has 0 aliphatic rings. The van der Waals surface area contributed by atoms with Crippen molar-refractivity contribution in [2.45, 2.75) is 11.8 Å². The second-order valence-electron chi connectivity index (χ2n) is 3.63. The van der Waals surface area contributed by atoms with Crippen LogP contribution < -0.4 is 10.5 Å². The molecule has 0 bridgehead atoms. The lowest BCUT2D eigenvalue weighted by molar-refractivity contribution is 0.600. The van der Waals surface area contributed by atoms with Crippen molar-refractivity contribution in [2.75, 3.05) is 10.5 Å². The Balaban J connectivity index is 2.30. The van der Waals surface area contributed by atoms with E-state index >= 15 is 0 Å². The normalized spacial score (nSPS) is 11.2. The summed E-state index contributed by atoms with van der Waals surface area (Å²) in [6, 6.07) is 1.67. The molecular formula is C10H11N5O2S. The molecule has 8 heteroatoms. The van der Waals surface area contributed by atoms with Gasteiger partial charge in [-0.25, -0.2) is 18.4 Å². The SMILES string of the molecule is Cc1cncc(NS(=O)(=O)c2cnc(N)nc2)c1. The molecule has 0 unspecified atom stereocenters. The van der Waals surface area contributed by atoms with Crippen LogP contribution in [0.5, 0.6) is 0 Å². The van der Waals surface area contributed by atoms with Gasteiger partial charge in [0, 0.05) is 6.20 Å². The van der Waals surface area contributed by atoms with Gasteiger partial charge in [0.05, 0.1) is 24.3 Å². The number of nitrogen functional groups attached to an aromatic ring is 1. The fourth-order valence-electron chi connectivity index (χ4n) is 1.29. The Labute approximate surface area is 104 Å². The molecule has 0 spiro atoms. The highest BCUT2D eigenvalue weighted by Gasteiger charge is 2.15. The molecule has 2 aromatic heterocycles. The molecule has 0 amide bonds. The molecule has 0 aromatic carbocycles. The lowest BCUT2D eigenvalue weighted by Gasteiger charge is -2.07. The van der Waals surface area contributed by atoms with Gasteiger partial charge in [-0.15, -0.1) is 0 Å². The number of hydrogen-bond donors (Lipinski definition) is 2. The molecule has 2 aromatic rings. The van der Waals surface area contributed by atoms with Crippen LogP contribution in [0.25, 0.3) is 0 Å². The standard InChI is InChI=1S/C10H11N5O2S/c1-7-2-8(4-12-3-7)15-18(16,17)9-5-13-10(11)14-6-9/h2-6,15H,1H3,(H2,11,13,14). The fourth-order valence-corrected chi connectivity index (χ4v) is 2.21. The molecule has 7 nitrogen and oxygen atoms in total. The largest absolute Gasteiger partial charge is 0.368 e. The van der Waals surface area contributed by atoms with Crippen LogP contribution in [-0.2, 0) is 10.0 Å². The van der Waals surface area contributed by atoms with Crippen molar-refractivity contribution in [3.63, 3.8) is 0 Å². The highest BCUT2D eigenvalue weighted by Crippen LogP contribution is 2.14. The predicted octanol–water partition coefficient (Wildman–Crippen LogP) is 0.563. The van der Waals surface area contributed by atoms with E-state index < -0.39 is 10.0 Å². The van der Waals surface area contributed by atoms with Crippen LogP contribution in [0, 0.1) is 6.92 Å². The molecule has 0 aliphatic carbocycles. The molecule has 0 radical (unpaired) electrons. The van der Waals surface area contributed by atoms with Crippen molar-refractivity contribution in [3.05, 3.63) is 36.4 Å². The van der Waals surface area contributed by atoms with Gasteiger partial charge in [-0.1, -0.05) is 0 Å². The molecule has 0 saturated carbocycles. The number of aryl methyl sites for hydroxylation is 1. The number of nitrogens with zero attached hydrogens (tertiary/aromatic N) is 3. The lowest BCUT2D eigenvalue weighted by atomic mass is 10.3. The van der Waals surface area contributed by atoms with Crippen LogP contribution in [0.15, 0.2) is 35.7 Å². The number of nitrogens with two attached hydrogens (primary N) is 1. The molecule has 2 heterocycles. The summed E-state index contributed by atoms with van der Waals surface area (Å²) in [4.78, 5) is 11.1. The first-order valence-corrected chi connectivity index (χ1v) is 6.48. The lowest BCUT2D eigenvalue weighted by Crippen LogP contribution is -2.14. The van der Waals surface area contributed by atoms with E-state index in [2.05, 4.69) is 19.7 Å². The Morgan fingerprint density at radius 3 is 2.44 bits per heavy atom. The van der Waals surface area contributed by atoms with Gasteiger partial charge in [-0.2, -0.15) is 0 Å². The number of hydrogen-bond acceptors (Lipinski definition) is 6. The van der Waals surface area contributed by atoms with Gasteiger partial charge in [0.1, 0.15) is 4.90 Å². The first kappa shape index (κ1) is 12.2. The van der Waals surface area contributed by atoms with Crippen molar-refractivity contribution in [1.29, 1.82) is 0 Å². The summed E-state index contributed by atoms with van der Waals surface area (Å²) in [6.45, 7) is 1.82. The van der Waals surface area contributed by atoms with E-state index in [0.717, 1.165) is 18.0 Å². The number of anilines is 2. The first-order valence-electron chi connectivity index (χ1n) is 4.99. The number of sulfonamides is 1. The van der Waals surface area contributed by atoms with E-state index in [1.807, 2.05) is 6.92 Å². The Bertz CT molecular complexity index is 654. The Morgan fingerprint density at radius 2 is 1.83 bits per heavy atom. The molecule has 0 fully saturated rings. The van der Waals surface area contributed by atoms with Crippen molar-refractivity contribution in [2.24, 2.45) is 0 Å². The van der Waals surface area contributed by atoms with Crippen LogP contribution >= 0.6 is 0 Å². The summed E-state index contributed by atoms with van der Waals surface area (Å²) in [6.07, 6.45) is 5.34. The van der Waals surface area contributed by atoms with Crippen LogP contribution in [0.4, 0.5) is 11.6 Å². The van der Waals surface area contributed by atoms with Crippen molar-refractivity contribution in [3.8, 4) is 0 Å². The maximum Gasteiger partial charge on any atom is 0.265 e. The van der Waals surface area contributed by atoms with Crippen LogP contribution in [0.1, 0.15) is 5.56 Å². The van der Waals surface area contributed by atoms with Crippen molar-refractivity contribution in [1.82, 2.24) is 15.0 Å². The van der Waals surface area contributed by atoms with Gasteiger partial charge in [-0.05, 0) is 18.6 Å². The van der Waals surface area contributed by atoms with Gasteiger partial charge in [0.15, 0.2) is 0 Å². The number of aromatic nitrogens is 3. The summed E-state index contributed by atoms with van der Waals surface area (Å²) >= 11 is 0. The fraction of sp³-hybridized carbons (Fsp3) is 0.100. The minimum absolute atomic E-state index is 0.0196. The van der Waals surface area contributed by atoms with E-state index in [0.29, 0.717) is 5.69 Å². The van der Waals surface area contributed by atoms with Crippen LogP contribution in [0.2, 0.25) is 0 Å². The third-order valence-corrected chi connectivity index (χ3v) is 3.42. The summed E-state index contributed by atoms with van der Waals surface area (Å²) < 4.78 is 26.3. The van der Waals surface area contributed by atoms with E-state index in [-0.39, 0.29) is 10.8 Å². The summed E-state index contributed by atoms with van der Waals surface area (Å²) in [5, 5.41) is 0. The molecular weight excluding hydrogens is 254 g/mol. The van der Waals surface area contributed by atoms with E-state index in [1.165, 1.54) is 6.20 Å². The second-order valence-corrected chi connectivity index (χ2v) is 5.32. The summed E-state index contributed by atoms with van der Waals surface area (Å²) in [5.41, 5.74) is 6.53. The molecule has 2 rings (SSSR count). The zero-order valence-corrected chi connectivity index (χ0v) is 10.3. The molecule has 94 valence electrons. The third kappa shape index (κ3) is 2.72. The number of rotatable bonds is 3. The van der Waals surface area contributed by atoms with Gasteiger partial charge >= 0.3 is 0 Å². The quantitative estimate of drug-likeness (QED) is 0.839. The highest BCUT2D eigenvalue weighted by atomic mass is 32.2. The Hall–Kier alpha value is -2.22. The topological polar surface area (TPSA) is 111 Å². The average molecular weight is 265 g/mol. The maximum absolute atomic E-state index is 12.0. The zero-order valence-electron chi connectivity index (χ0n) is 9.53. The molecule has 3 N–H and O–H groups in total. The van der Waals surface area contributed by atoms with Crippen molar-refractivity contribution < 1.29 is 8.42 Å². The minimum atomic E-state index is -3.72. The molecule has 18 heavy (non-hydrogen) atoms. The minimum Gasteiger partial charge on any atom is -0.368 e. The van der Waals surface area contributed by atoms with Gasteiger partial charge < -0.3 is 5.73 Å². The van der Waals surface area contributed by atoms with E-state index in [1.54, 1.807) is 12.3 Å². The molecule has 0 aliphatic heterocycles. The van der Waals surface area contributed by atoms with Crippen LogP contribution in [-0.4, -0.2) is 23.4 Å². The van der Waals surface area contributed by atoms with E-state index in [9.17, 15) is 8.42 Å². The number of pyridine rings is 1. The average Bonchev–Trinajstić information content (AvgIpc) is 2.29. The van der Waals surface area contributed by atoms with Gasteiger partial charge in [0.25, 0.3) is 10.0 Å². The number of nitrogens with one attached hydrogen (secondary N) is 1. The first-order chi connectivity index (χ1) is 8.47. The summed E-state index contributed by atoms with van der Waals surface area (Å²) in [5.74, 6) is 0.0196. The monoisotopic (exact) mass is 265 g/mol. The Morgan fingerprint density at radius 1 is 1.17 bits per heavy atom. The highest BCUT2D eigenvalue weighted by molar-refractivity contribution is 7.92. The maximum atomic E-state index is 12.0. The van der Waals surface area contributed by atoms with Gasteiger partial charge in [0.2, 0.25) is 5.95 Å². The van der Waals surface area contributed by atoms with Gasteiger partial charge in [-0.3, -0.25) is 9.71 Å². The molecule has 0 atom stereocenters. The molecule has 0 saturated heterocycles.